The maximum Gasteiger partial charge on any atom is 0.144 e. The van der Waals surface area contributed by atoms with Gasteiger partial charge in [0, 0.05) is 62.6 Å². The SMILES string of the molecule is CC1NCCCCN2CCN(CC2)Cc2cccc(c2)Nc2cc(ccn2)-c2cnc1nc2. The maximum absolute atomic E-state index is 4.63. The van der Waals surface area contributed by atoms with Crippen molar-refractivity contribution >= 4 is 11.5 Å². The van der Waals surface area contributed by atoms with Gasteiger partial charge in [-0.05, 0) is 68.2 Å². The third-order valence-corrected chi connectivity index (χ3v) is 6.57. The molecule has 1 atom stereocenters. The molecule has 172 valence electrons. The molecule has 7 nitrogen and oxygen atoms in total. The Balaban J connectivity index is 1.39. The second-order valence-electron chi connectivity index (χ2n) is 9.09. The summed E-state index contributed by atoms with van der Waals surface area (Å²) in [5, 5.41) is 7.05. The third kappa shape index (κ3) is 5.74. The minimum absolute atomic E-state index is 0.141. The van der Waals surface area contributed by atoms with Gasteiger partial charge in [-0.3, -0.25) is 4.90 Å². The van der Waals surface area contributed by atoms with Crippen molar-refractivity contribution in [2.75, 3.05) is 44.6 Å². The lowest BCUT2D eigenvalue weighted by molar-refractivity contribution is 0.125. The molecular weight excluding hydrogens is 410 g/mol. The molecule has 7 heterocycles. The fourth-order valence-electron chi connectivity index (χ4n) is 4.58. The molecule has 2 N–H and O–H groups in total. The minimum atomic E-state index is 0.141. The second kappa shape index (κ2) is 10.4. The molecule has 1 aromatic carbocycles. The van der Waals surface area contributed by atoms with Gasteiger partial charge in [0.25, 0.3) is 0 Å². The minimum Gasteiger partial charge on any atom is -0.340 e. The van der Waals surface area contributed by atoms with Gasteiger partial charge in [-0.25, -0.2) is 15.0 Å². The molecular formula is C26H33N7. The van der Waals surface area contributed by atoms with Crippen molar-refractivity contribution in [3.8, 4) is 11.1 Å². The first-order valence-electron chi connectivity index (χ1n) is 12.1. The molecule has 33 heavy (non-hydrogen) atoms. The van der Waals surface area contributed by atoms with Gasteiger partial charge in [0.15, 0.2) is 0 Å². The number of hydrogen-bond acceptors (Lipinski definition) is 7. The van der Waals surface area contributed by atoms with Crippen LogP contribution in [-0.4, -0.2) is 64.0 Å². The van der Waals surface area contributed by atoms with E-state index in [0.717, 1.165) is 67.7 Å². The Morgan fingerprint density at radius 3 is 2.52 bits per heavy atom. The Kier molecular flexibility index (Phi) is 6.90. The number of piperazine rings is 1. The summed E-state index contributed by atoms with van der Waals surface area (Å²) in [6.45, 7) is 9.85. The zero-order valence-electron chi connectivity index (χ0n) is 19.4. The summed E-state index contributed by atoms with van der Waals surface area (Å²) in [5.41, 5.74) is 4.43. The lowest BCUT2D eigenvalue weighted by atomic mass is 10.1. The van der Waals surface area contributed by atoms with E-state index in [4.69, 9.17) is 0 Å². The fraction of sp³-hybridized carbons (Fsp3) is 0.423. The molecule has 1 saturated heterocycles. The van der Waals surface area contributed by atoms with E-state index in [9.17, 15) is 0 Å². The molecule has 7 heteroatoms. The van der Waals surface area contributed by atoms with E-state index < -0.39 is 0 Å². The van der Waals surface area contributed by atoms with Gasteiger partial charge in [-0.2, -0.15) is 0 Å². The molecule has 3 aromatic rings. The van der Waals surface area contributed by atoms with E-state index in [1.165, 1.54) is 24.9 Å². The van der Waals surface area contributed by atoms with E-state index in [1.807, 2.05) is 24.7 Å². The van der Waals surface area contributed by atoms with Crippen molar-refractivity contribution in [3.63, 3.8) is 0 Å². The average molecular weight is 444 g/mol. The molecule has 0 radical (unpaired) electrons. The maximum atomic E-state index is 4.63. The Hall–Kier alpha value is -2.87. The molecule has 0 amide bonds. The summed E-state index contributed by atoms with van der Waals surface area (Å²) >= 11 is 0. The number of hydrogen-bond donors (Lipinski definition) is 2. The van der Waals surface area contributed by atoms with Crippen LogP contribution < -0.4 is 10.6 Å². The summed E-state index contributed by atoms with van der Waals surface area (Å²) in [6.07, 6.45) is 8.03. The second-order valence-corrected chi connectivity index (χ2v) is 9.09. The molecule has 1 fully saturated rings. The third-order valence-electron chi connectivity index (χ3n) is 6.57. The van der Waals surface area contributed by atoms with Crippen LogP contribution in [0, 0.1) is 0 Å². The number of nitrogens with zero attached hydrogens (tertiary/aromatic N) is 5. The first-order valence-corrected chi connectivity index (χ1v) is 12.1. The Morgan fingerprint density at radius 1 is 0.848 bits per heavy atom. The van der Waals surface area contributed by atoms with Crippen molar-refractivity contribution in [2.45, 2.75) is 32.4 Å². The Bertz CT molecular complexity index is 1040. The predicted molar refractivity (Wildman–Crippen MR) is 132 cm³/mol. The molecule has 8 bridgehead atoms. The van der Waals surface area contributed by atoms with E-state index in [-0.39, 0.29) is 6.04 Å². The highest BCUT2D eigenvalue weighted by Crippen LogP contribution is 2.23. The van der Waals surface area contributed by atoms with Gasteiger partial charge >= 0.3 is 0 Å². The molecule has 5 aliphatic heterocycles. The molecule has 5 aliphatic rings. The average Bonchev–Trinajstić information content (AvgIpc) is 2.85. The highest BCUT2D eigenvalue weighted by molar-refractivity contribution is 5.67. The normalized spacial score (nSPS) is 23.8. The van der Waals surface area contributed by atoms with Crippen molar-refractivity contribution in [1.29, 1.82) is 0 Å². The standard InChI is InChI=1S/C26H33N7/c1-20-26-29-17-23(18-30-26)22-7-9-28-25(16-22)31-24-6-4-5-21(15-24)19-33-13-11-32(12-14-33)10-3-2-8-27-20/h4-7,9,15-18,20,27H,2-3,8,10-14,19H2,1H3,(H,28,31). The number of pyridine rings is 1. The quantitative estimate of drug-likeness (QED) is 0.547. The van der Waals surface area contributed by atoms with Crippen LogP contribution in [0.2, 0.25) is 0 Å². The molecule has 0 aliphatic carbocycles. The van der Waals surface area contributed by atoms with Crippen LogP contribution in [0.25, 0.3) is 11.1 Å². The summed E-state index contributed by atoms with van der Waals surface area (Å²) in [6, 6.07) is 12.9. The highest BCUT2D eigenvalue weighted by Gasteiger charge is 2.17. The Labute approximate surface area is 196 Å². The van der Waals surface area contributed by atoms with Crippen molar-refractivity contribution in [2.24, 2.45) is 0 Å². The number of rotatable bonds is 0. The van der Waals surface area contributed by atoms with E-state index in [0.29, 0.717) is 0 Å². The van der Waals surface area contributed by atoms with Crippen LogP contribution in [0.1, 0.15) is 37.2 Å². The summed E-state index contributed by atoms with van der Waals surface area (Å²) in [7, 11) is 0. The van der Waals surface area contributed by atoms with E-state index in [2.05, 4.69) is 72.6 Å². The fourth-order valence-corrected chi connectivity index (χ4v) is 4.58. The van der Waals surface area contributed by atoms with Gasteiger partial charge in [0.05, 0.1) is 6.04 Å². The summed E-state index contributed by atoms with van der Waals surface area (Å²) in [4.78, 5) is 18.9. The summed E-state index contributed by atoms with van der Waals surface area (Å²) < 4.78 is 0. The van der Waals surface area contributed by atoms with Crippen molar-refractivity contribution < 1.29 is 0 Å². The highest BCUT2D eigenvalue weighted by atomic mass is 15.3. The van der Waals surface area contributed by atoms with Crippen LogP contribution in [-0.2, 0) is 6.54 Å². The van der Waals surface area contributed by atoms with Crippen LogP contribution in [0.3, 0.4) is 0 Å². The summed E-state index contributed by atoms with van der Waals surface area (Å²) in [5.74, 6) is 1.65. The number of anilines is 2. The predicted octanol–water partition coefficient (Wildman–Crippen LogP) is 3.84. The van der Waals surface area contributed by atoms with Gasteiger partial charge in [-0.15, -0.1) is 0 Å². The number of nitrogens with one attached hydrogen (secondary N) is 2. The lowest BCUT2D eigenvalue weighted by Crippen LogP contribution is -2.46. The van der Waals surface area contributed by atoms with Crippen molar-refractivity contribution in [3.05, 3.63) is 66.4 Å². The van der Waals surface area contributed by atoms with Gasteiger partial charge in [-0.1, -0.05) is 12.1 Å². The van der Waals surface area contributed by atoms with E-state index >= 15 is 0 Å². The van der Waals surface area contributed by atoms with Crippen LogP contribution in [0.15, 0.2) is 55.0 Å². The zero-order chi connectivity index (χ0) is 22.5. The van der Waals surface area contributed by atoms with Crippen molar-refractivity contribution in [1.82, 2.24) is 30.1 Å². The molecule has 8 rings (SSSR count). The van der Waals surface area contributed by atoms with E-state index in [1.54, 1.807) is 0 Å². The van der Waals surface area contributed by atoms with Gasteiger partial charge in [0.1, 0.15) is 11.6 Å². The number of aromatic nitrogens is 3. The number of benzene rings is 1. The largest absolute Gasteiger partial charge is 0.340 e. The first kappa shape index (κ1) is 21.9. The Morgan fingerprint density at radius 2 is 1.67 bits per heavy atom. The van der Waals surface area contributed by atoms with Gasteiger partial charge in [0.2, 0.25) is 0 Å². The lowest BCUT2D eigenvalue weighted by Gasteiger charge is -2.34. The first-order chi connectivity index (χ1) is 16.2. The van der Waals surface area contributed by atoms with Crippen LogP contribution in [0.5, 0.6) is 0 Å². The van der Waals surface area contributed by atoms with Crippen LogP contribution in [0.4, 0.5) is 11.5 Å². The smallest absolute Gasteiger partial charge is 0.144 e. The topological polar surface area (TPSA) is 69.2 Å². The zero-order valence-corrected chi connectivity index (χ0v) is 19.4. The van der Waals surface area contributed by atoms with Crippen LogP contribution >= 0.6 is 0 Å². The van der Waals surface area contributed by atoms with Gasteiger partial charge < -0.3 is 15.5 Å². The molecule has 0 saturated carbocycles. The molecule has 2 aromatic heterocycles. The molecule has 0 spiro atoms. The monoisotopic (exact) mass is 443 g/mol. The molecule has 1 unspecified atom stereocenters.